The Balaban J connectivity index is 1.48. The number of hydrogen-bond acceptors (Lipinski definition) is 5. The molecule has 2 amide bonds. The molecule has 0 spiro atoms. The smallest absolute Gasteiger partial charge is 0.416 e. The third-order valence-electron chi connectivity index (χ3n) is 4.90. The van der Waals surface area contributed by atoms with Crippen LogP contribution in [0.2, 0.25) is 5.02 Å². The fraction of sp³-hybridized carbons (Fsp3) is 0.136. The Bertz CT molecular complexity index is 1370. The number of amides is 2. The summed E-state index contributed by atoms with van der Waals surface area (Å²) in [5.41, 5.74) is 1.10. The zero-order valence-electron chi connectivity index (χ0n) is 17.5. The normalized spacial score (nSPS) is 11.5. The Labute approximate surface area is 196 Å². The van der Waals surface area contributed by atoms with Crippen molar-refractivity contribution >= 4 is 40.0 Å². The first-order chi connectivity index (χ1) is 16.2. The number of rotatable bonds is 5. The van der Waals surface area contributed by atoms with Gasteiger partial charge in [0.1, 0.15) is 17.6 Å². The highest BCUT2D eigenvalue weighted by Gasteiger charge is 2.30. The lowest BCUT2D eigenvalue weighted by Gasteiger charge is -2.12. The number of urea groups is 1. The van der Waals surface area contributed by atoms with Crippen LogP contribution in [0.15, 0.2) is 54.9 Å². The first kappa shape index (κ1) is 23.3. The summed E-state index contributed by atoms with van der Waals surface area (Å²) in [5, 5.41) is 14.4. The Morgan fingerprint density at radius 2 is 1.94 bits per heavy atom. The predicted octanol–water partition coefficient (Wildman–Crippen LogP) is 5.57. The largest absolute Gasteiger partial charge is 0.437 e. The van der Waals surface area contributed by atoms with Crippen LogP contribution in [0.4, 0.5) is 29.3 Å². The SMILES string of the molecule is Cn1c(CO)cc2ncnc(Oc3ccc(NC(=O)Nc4cccc(C(F)(F)F)c4)c(Cl)c3)c21. The number of halogens is 4. The van der Waals surface area contributed by atoms with Crippen molar-refractivity contribution in [3.8, 4) is 11.6 Å². The Morgan fingerprint density at radius 1 is 1.15 bits per heavy atom. The summed E-state index contributed by atoms with van der Waals surface area (Å²) in [6.45, 7) is -0.180. The number of carbonyl (C=O) groups is 1. The van der Waals surface area contributed by atoms with Crippen molar-refractivity contribution in [2.75, 3.05) is 10.6 Å². The minimum absolute atomic E-state index is 0.0269. The van der Waals surface area contributed by atoms with Crippen LogP contribution in [0.3, 0.4) is 0 Å². The lowest BCUT2D eigenvalue weighted by atomic mass is 10.2. The number of ether oxygens (including phenoxy) is 1. The molecule has 0 saturated carbocycles. The Kier molecular flexibility index (Phi) is 6.31. The molecule has 4 aromatic rings. The number of carbonyl (C=O) groups excluding carboxylic acids is 1. The average molecular weight is 492 g/mol. The first-order valence-electron chi connectivity index (χ1n) is 9.78. The number of hydrogen-bond donors (Lipinski definition) is 3. The predicted molar refractivity (Wildman–Crippen MR) is 120 cm³/mol. The quantitative estimate of drug-likeness (QED) is 0.339. The van der Waals surface area contributed by atoms with Gasteiger partial charge < -0.3 is 25.0 Å². The molecular formula is C22H17ClF3N5O3. The maximum absolute atomic E-state index is 12.8. The standard InChI is InChI=1S/C22H17ClF3N5O3/c1-31-14(10-32)8-18-19(31)20(28-11-27-18)34-15-5-6-17(16(23)9-15)30-21(33)29-13-4-2-3-12(7-13)22(24,25)26/h2-9,11,32H,10H2,1H3,(H2,29,30,33). The minimum Gasteiger partial charge on any atom is -0.437 e. The highest BCUT2D eigenvalue weighted by Crippen LogP contribution is 2.33. The van der Waals surface area contributed by atoms with Crippen LogP contribution in [-0.4, -0.2) is 25.7 Å². The van der Waals surface area contributed by atoms with Gasteiger partial charge in [-0.15, -0.1) is 0 Å². The fourth-order valence-electron chi connectivity index (χ4n) is 3.25. The van der Waals surface area contributed by atoms with Gasteiger partial charge in [-0.05, 0) is 36.4 Å². The highest BCUT2D eigenvalue weighted by molar-refractivity contribution is 6.34. The lowest BCUT2D eigenvalue weighted by molar-refractivity contribution is -0.137. The minimum atomic E-state index is -4.53. The number of aliphatic hydroxyl groups is 1. The summed E-state index contributed by atoms with van der Waals surface area (Å²) >= 11 is 6.26. The van der Waals surface area contributed by atoms with Crippen molar-refractivity contribution in [3.05, 3.63) is 71.1 Å². The Morgan fingerprint density at radius 3 is 2.65 bits per heavy atom. The van der Waals surface area contributed by atoms with Gasteiger partial charge in [-0.1, -0.05) is 17.7 Å². The van der Waals surface area contributed by atoms with E-state index in [1.54, 1.807) is 17.7 Å². The topological polar surface area (TPSA) is 101 Å². The van der Waals surface area contributed by atoms with E-state index in [2.05, 4.69) is 20.6 Å². The van der Waals surface area contributed by atoms with E-state index in [-0.39, 0.29) is 28.9 Å². The van der Waals surface area contributed by atoms with Crippen LogP contribution >= 0.6 is 11.6 Å². The van der Waals surface area contributed by atoms with Crippen molar-refractivity contribution in [1.29, 1.82) is 0 Å². The maximum atomic E-state index is 12.8. The number of aryl methyl sites for hydroxylation is 1. The molecule has 0 bridgehead atoms. The zero-order chi connectivity index (χ0) is 24.5. The van der Waals surface area contributed by atoms with E-state index in [1.807, 2.05) is 0 Å². The van der Waals surface area contributed by atoms with E-state index in [9.17, 15) is 23.1 Å². The molecule has 2 heterocycles. The van der Waals surface area contributed by atoms with E-state index >= 15 is 0 Å². The highest BCUT2D eigenvalue weighted by atomic mass is 35.5. The van der Waals surface area contributed by atoms with Crippen LogP contribution in [0, 0.1) is 0 Å². The molecule has 0 atom stereocenters. The second kappa shape index (κ2) is 9.20. The molecule has 0 aliphatic heterocycles. The monoisotopic (exact) mass is 491 g/mol. The van der Waals surface area contributed by atoms with Crippen molar-refractivity contribution in [2.24, 2.45) is 7.05 Å². The lowest BCUT2D eigenvalue weighted by Crippen LogP contribution is -2.20. The summed E-state index contributed by atoms with van der Waals surface area (Å²) in [4.78, 5) is 20.6. The van der Waals surface area contributed by atoms with E-state index in [0.717, 1.165) is 12.1 Å². The van der Waals surface area contributed by atoms with Gasteiger partial charge in [0.2, 0.25) is 5.88 Å². The summed E-state index contributed by atoms with van der Waals surface area (Å²) in [6, 6.07) is 9.67. The molecule has 34 heavy (non-hydrogen) atoms. The van der Waals surface area contributed by atoms with Gasteiger partial charge in [-0.3, -0.25) is 0 Å². The van der Waals surface area contributed by atoms with Crippen LogP contribution in [-0.2, 0) is 19.8 Å². The number of benzene rings is 2. The van der Waals surface area contributed by atoms with Gasteiger partial charge in [0.25, 0.3) is 0 Å². The van der Waals surface area contributed by atoms with Gasteiger partial charge in [0.15, 0.2) is 0 Å². The zero-order valence-corrected chi connectivity index (χ0v) is 18.3. The van der Waals surface area contributed by atoms with Gasteiger partial charge in [0.05, 0.1) is 28.4 Å². The van der Waals surface area contributed by atoms with Crippen molar-refractivity contribution in [3.63, 3.8) is 0 Å². The molecule has 8 nitrogen and oxygen atoms in total. The van der Waals surface area contributed by atoms with Gasteiger partial charge in [-0.25, -0.2) is 9.78 Å². The van der Waals surface area contributed by atoms with Crippen LogP contribution in [0.1, 0.15) is 11.3 Å². The van der Waals surface area contributed by atoms with Crippen LogP contribution < -0.4 is 15.4 Å². The molecule has 176 valence electrons. The van der Waals surface area contributed by atoms with E-state index in [1.165, 1.54) is 36.7 Å². The number of nitrogens with one attached hydrogen (secondary N) is 2. The summed E-state index contributed by atoms with van der Waals surface area (Å²) < 4.78 is 46.1. The molecule has 0 radical (unpaired) electrons. The molecule has 4 rings (SSSR count). The summed E-state index contributed by atoms with van der Waals surface area (Å²) in [5.74, 6) is 0.562. The van der Waals surface area contributed by atoms with Gasteiger partial charge in [0, 0.05) is 24.5 Å². The molecule has 0 saturated heterocycles. The molecule has 3 N–H and O–H groups in total. The number of nitrogens with zero attached hydrogens (tertiary/aromatic N) is 3. The molecule has 0 aliphatic rings. The van der Waals surface area contributed by atoms with Gasteiger partial charge >= 0.3 is 12.2 Å². The molecule has 0 aliphatic carbocycles. The van der Waals surface area contributed by atoms with E-state index in [0.29, 0.717) is 22.5 Å². The number of aromatic nitrogens is 3. The second-order valence-corrected chi connectivity index (χ2v) is 7.57. The Hall–Kier alpha value is -3.83. The average Bonchev–Trinajstić information content (AvgIpc) is 3.12. The first-order valence-corrected chi connectivity index (χ1v) is 10.2. The summed E-state index contributed by atoms with van der Waals surface area (Å²) in [7, 11) is 1.74. The fourth-order valence-corrected chi connectivity index (χ4v) is 3.47. The van der Waals surface area contributed by atoms with Crippen molar-refractivity contribution < 1.29 is 27.8 Å². The number of anilines is 2. The van der Waals surface area contributed by atoms with E-state index < -0.39 is 17.8 Å². The van der Waals surface area contributed by atoms with Crippen LogP contribution in [0.25, 0.3) is 11.0 Å². The molecule has 2 aromatic carbocycles. The van der Waals surface area contributed by atoms with Crippen molar-refractivity contribution in [2.45, 2.75) is 12.8 Å². The van der Waals surface area contributed by atoms with Crippen molar-refractivity contribution in [1.82, 2.24) is 14.5 Å². The third kappa shape index (κ3) is 4.90. The van der Waals surface area contributed by atoms with Gasteiger partial charge in [-0.2, -0.15) is 18.2 Å². The summed E-state index contributed by atoms with van der Waals surface area (Å²) in [6.07, 6.45) is -3.20. The molecule has 0 fully saturated rings. The molecule has 12 heteroatoms. The molecule has 2 aromatic heterocycles. The molecule has 0 unspecified atom stereocenters. The molecular weight excluding hydrogens is 475 g/mol. The maximum Gasteiger partial charge on any atom is 0.416 e. The second-order valence-electron chi connectivity index (χ2n) is 7.17. The number of alkyl halides is 3. The number of fused-ring (bicyclic) bond motifs is 1. The third-order valence-corrected chi connectivity index (χ3v) is 5.21. The number of aliphatic hydroxyl groups excluding tert-OH is 1. The van der Waals surface area contributed by atoms with Crippen LogP contribution in [0.5, 0.6) is 11.6 Å². The van der Waals surface area contributed by atoms with E-state index in [4.69, 9.17) is 16.3 Å².